The Morgan fingerprint density at radius 3 is 2.43 bits per heavy atom. The molecule has 2 rings (SSSR count). The van der Waals surface area contributed by atoms with Gasteiger partial charge in [-0.15, -0.1) is 0 Å². The summed E-state index contributed by atoms with van der Waals surface area (Å²) in [5, 5.41) is 9.06. The number of hydrogen-bond donors (Lipinski definition) is 1. The molecule has 1 unspecified atom stereocenters. The van der Waals surface area contributed by atoms with Gasteiger partial charge in [0.25, 0.3) is 0 Å². The van der Waals surface area contributed by atoms with Gasteiger partial charge >= 0.3 is 5.97 Å². The third-order valence-electron chi connectivity index (χ3n) is 3.27. The van der Waals surface area contributed by atoms with Crippen molar-refractivity contribution in [2.45, 2.75) is 13.0 Å². The summed E-state index contributed by atoms with van der Waals surface area (Å²) in [5.41, 5.74) is 0.914. The highest BCUT2D eigenvalue weighted by Gasteiger charge is 2.21. The van der Waals surface area contributed by atoms with Crippen molar-refractivity contribution in [3.8, 4) is 0 Å². The van der Waals surface area contributed by atoms with E-state index in [2.05, 4.69) is 0 Å². The van der Waals surface area contributed by atoms with Gasteiger partial charge in [-0.05, 0) is 25.1 Å². The number of halogens is 2. The fourth-order valence-electron chi connectivity index (χ4n) is 2.23. The van der Waals surface area contributed by atoms with Gasteiger partial charge in [-0.2, -0.15) is 0 Å². The molecule has 0 spiro atoms. The maximum atomic E-state index is 13.9. The summed E-state index contributed by atoms with van der Waals surface area (Å²) in [6.45, 7) is 1.41. The molecular formula is C16H15F2NO2. The number of carboxylic acid groups (broad SMARTS) is 1. The van der Waals surface area contributed by atoms with Crippen LogP contribution in [0.1, 0.15) is 18.5 Å². The third-order valence-corrected chi connectivity index (χ3v) is 3.27. The first-order valence-corrected chi connectivity index (χ1v) is 6.47. The summed E-state index contributed by atoms with van der Waals surface area (Å²) in [6, 6.07) is 11.6. The number of benzene rings is 2. The number of hydrogen-bond acceptors (Lipinski definition) is 2. The van der Waals surface area contributed by atoms with Crippen LogP contribution < -0.4 is 4.90 Å². The molecule has 0 aliphatic heterocycles. The normalized spacial score (nSPS) is 12.0. The van der Waals surface area contributed by atoms with E-state index in [1.54, 1.807) is 36.1 Å². The van der Waals surface area contributed by atoms with Gasteiger partial charge in [-0.1, -0.05) is 24.3 Å². The van der Waals surface area contributed by atoms with Gasteiger partial charge in [0.05, 0.1) is 6.04 Å². The largest absolute Gasteiger partial charge is 0.480 e. The van der Waals surface area contributed by atoms with Gasteiger partial charge < -0.3 is 10.0 Å². The predicted molar refractivity (Wildman–Crippen MR) is 76.2 cm³/mol. The van der Waals surface area contributed by atoms with E-state index in [4.69, 9.17) is 5.11 Å². The average molecular weight is 291 g/mol. The molecule has 3 nitrogen and oxygen atoms in total. The van der Waals surface area contributed by atoms with Gasteiger partial charge in [0.15, 0.2) is 0 Å². The molecule has 2 aromatic carbocycles. The second kappa shape index (κ2) is 6.35. The molecule has 0 bridgehead atoms. The quantitative estimate of drug-likeness (QED) is 0.914. The molecule has 1 N–H and O–H groups in total. The van der Waals surface area contributed by atoms with Crippen LogP contribution in [0.25, 0.3) is 0 Å². The molecule has 0 heterocycles. The molecule has 1 atom stereocenters. The lowest BCUT2D eigenvalue weighted by Crippen LogP contribution is -2.32. The highest BCUT2D eigenvalue weighted by Crippen LogP contribution is 2.28. The molecule has 0 fully saturated rings. The summed E-state index contributed by atoms with van der Waals surface area (Å²) in [5.74, 6) is -2.37. The van der Waals surface area contributed by atoms with Gasteiger partial charge in [0.2, 0.25) is 0 Å². The van der Waals surface area contributed by atoms with Crippen molar-refractivity contribution >= 4 is 11.7 Å². The minimum absolute atomic E-state index is 0.251. The molecule has 21 heavy (non-hydrogen) atoms. The van der Waals surface area contributed by atoms with Crippen LogP contribution >= 0.6 is 0 Å². The molecule has 110 valence electrons. The lowest BCUT2D eigenvalue weighted by atomic mass is 10.0. The van der Waals surface area contributed by atoms with Crippen LogP contribution in [0.4, 0.5) is 14.5 Å². The summed E-state index contributed by atoms with van der Waals surface area (Å²) in [6.07, 6.45) is 0. The molecule has 0 saturated carbocycles. The van der Waals surface area contributed by atoms with E-state index in [0.29, 0.717) is 5.69 Å². The standard InChI is InChI=1S/C16H15F2NO2/c1-11(14-8-7-12(17)9-15(14)18)19(10-16(20)21)13-5-3-2-4-6-13/h2-9,11H,10H2,1H3,(H,20,21). The zero-order valence-corrected chi connectivity index (χ0v) is 11.5. The number of carbonyl (C=O) groups is 1. The maximum Gasteiger partial charge on any atom is 0.323 e. The van der Waals surface area contributed by atoms with Gasteiger partial charge in [-0.25, -0.2) is 8.78 Å². The second-order valence-corrected chi connectivity index (χ2v) is 4.70. The van der Waals surface area contributed by atoms with Crippen molar-refractivity contribution in [1.29, 1.82) is 0 Å². The van der Waals surface area contributed by atoms with Crippen molar-refractivity contribution in [1.82, 2.24) is 0 Å². The molecule has 0 aromatic heterocycles. The van der Waals surface area contributed by atoms with Gasteiger partial charge in [0, 0.05) is 17.3 Å². The Bertz CT molecular complexity index is 631. The molecule has 0 saturated heterocycles. The molecular weight excluding hydrogens is 276 g/mol. The molecule has 0 amide bonds. The zero-order valence-electron chi connectivity index (χ0n) is 11.5. The Morgan fingerprint density at radius 2 is 1.86 bits per heavy atom. The molecule has 0 aliphatic rings. The van der Waals surface area contributed by atoms with Crippen molar-refractivity contribution < 1.29 is 18.7 Å². The van der Waals surface area contributed by atoms with Gasteiger partial charge in [-0.3, -0.25) is 4.79 Å². The van der Waals surface area contributed by atoms with Gasteiger partial charge in [0.1, 0.15) is 18.2 Å². The van der Waals surface area contributed by atoms with Crippen LogP contribution in [0, 0.1) is 11.6 Å². The summed E-state index contributed by atoms with van der Waals surface area (Å²) in [7, 11) is 0. The van der Waals surface area contributed by atoms with E-state index in [-0.39, 0.29) is 12.1 Å². The first-order valence-electron chi connectivity index (χ1n) is 6.47. The zero-order chi connectivity index (χ0) is 15.4. The SMILES string of the molecule is CC(c1ccc(F)cc1F)N(CC(=O)O)c1ccccc1. The highest BCUT2D eigenvalue weighted by atomic mass is 19.1. The van der Waals surface area contributed by atoms with Crippen LogP contribution in [0.15, 0.2) is 48.5 Å². The summed E-state index contributed by atoms with van der Waals surface area (Å²) < 4.78 is 26.9. The summed E-state index contributed by atoms with van der Waals surface area (Å²) >= 11 is 0. The number of rotatable bonds is 5. The maximum absolute atomic E-state index is 13.9. The molecule has 5 heteroatoms. The van der Waals surface area contributed by atoms with Crippen LogP contribution in [0.5, 0.6) is 0 Å². The Morgan fingerprint density at radius 1 is 1.19 bits per heavy atom. The Hall–Kier alpha value is -2.43. The molecule has 0 aliphatic carbocycles. The lowest BCUT2D eigenvalue weighted by Gasteiger charge is -2.30. The number of para-hydroxylation sites is 1. The monoisotopic (exact) mass is 291 g/mol. The Balaban J connectivity index is 2.38. The number of nitrogens with zero attached hydrogens (tertiary/aromatic N) is 1. The molecule has 2 aromatic rings. The van der Waals surface area contributed by atoms with Crippen molar-refractivity contribution in [3.05, 3.63) is 65.7 Å². The van der Waals surface area contributed by atoms with E-state index in [9.17, 15) is 13.6 Å². The van der Waals surface area contributed by atoms with E-state index in [1.165, 1.54) is 12.1 Å². The minimum Gasteiger partial charge on any atom is -0.480 e. The Kier molecular flexibility index (Phi) is 4.52. The fourth-order valence-corrected chi connectivity index (χ4v) is 2.23. The van der Waals surface area contributed by atoms with Crippen molar-refractivity contribution in [3.63, 3.8) is 0 Å². The molecule has 0 radical (unpaired) electrons. The second-order valence-electron chi connectivity index (χ2n) is 4.70. The third kappa shape index (κ3) is 3.56. The number of carboxylic acids is 1. The van der Waals surface area contributed by atoms with Crippen LogP contribution in [-0.4, -0.2) is 17.6 Å². The highest BCUT2D eigenvalue weighted by molar-refractivity contribution is 5.74. The predicted octanol–water partition coefficient (Wildman–Crippen LogP) is 3.62. The van der Waals surface area contributed by atoms with Crippen LogP contribution in [0.2, 0.25) is 0 Å². The van der Waals surface area contributed by atoms with Crippen LogP contribution in [0.3, 0.4) is 0 Å². The van der Waals surface area contributed by atoms with E-state index in [0.717, 1.165) is 6.07 Å². The lowest BCUT2D eigenvalue weighted by molar-refractivity contribution is -0.135. The number of aliphatic carboxylic acids is 1. The van der Waals surface area contributed by atoms with E-state index >= 15 is 0 Å². The first-order chi connectivity index (χ1) is 9.99. The first kappa shape index (κ1) is 15.0. The minimum atomic E-state index is -1.02. The topological polar surface area (TPSA) is 40.5 Å². The summed E-state index contributed by atoms with van der Waals surface area (Å²) in [4.78, 5) is 12.6. The van der Waals surface area contributed by atoms with Crippen molar-refractivity contribution in [2.75, 3.05) is 11.4 Å². The van der Waals surface area contributed by atoms with E-state index < -0.39 is 23.6 Å². The Labute approximate surface area is 121 Å². The number of anilines is 1. The van der Waals surface area contributed by atoms with E-state index in [1.807, 2.05) is 6.07 Å². The smallest absolute Gasteiger partial charge is 0.323 e. The van der Waals surface area contributed by atoms with Crippen LogP contribution in [-0.2, 0) is 4.79 Å². The fraction of sp³-hybridized carbons (Fsp3) is 0.188. The average Bonchev–Trinajstić information content (AvgIpc) is 2.45. The van der Waals surface area contributed by atoms with Crippen molar-refractivity contribution in [2.24, 2.45) is 0 Å².